The van der Waals surface area contributed by atoms with E-state index in [1.165, 1.54) is 11.3 Å². The summed E-state index contributed by atoms with van der Waals surface area (Å²) in [5, 5.41) is 3.43. The van der Waals surface area contributed by atoms with Gasteiger partial charge in [-0.05, 0) is 29.8 Å². The average Bonchev–Trinajstić information content (AvgIpc) is 3.21. The Labute approximate surface area is 188 Å². The number of hydrogen-bond acceptors (Lipinski definition) is 4. The highest BCUT2D eigenvalue weighted by atomic mass is 16.2. The van der Waals surface area contributed by atoms with Gasteiger partial charge in [-0.3, -0.25) is 4.79 Å². The van der Waals surface area contributed by atoms with Crippen LogP contribution in [0.4, 0.5) is 11.6 Å². The van der Waals surface area contributed by atoms with Crippen molar-refractivity contribution in [1.29, 1.82) is 0 Å². The minimum absolute atomic E-state index is 0.128. The Morgan fingerprint density at radius 3 is 2.22 bits per heavy atom. The van der Waals surface area contributed by atoms with Crippen LogP contribution in [0.2, 0.25) is 0 Å². The smallest absolute Gasteiger partial charge is 0.242 e. The molecule has 0 spiro atoms. The van der Waals surface area contributed by atoms with Crippen molar-refractivity contribution in [3.05, 3.63) is 90.5 Å². The first-order chi connectivity index (χ1) is 15.8. The maximum absolute atomic E-state index is 13.2. The molecule has 5 rings (SSSR count). The SMILES string of the molecule is O=C(Cn1c(NCc2ccccc2)nc2ccccc21)N1CCN(c2ccccc2)CC1. The summed E-state index contributed by atoms with van der Waals surface area (Å²) in [5.41, 5.74) is 4.26. The van der Waals surface area contributed by atoms with E-state index >= 15 is 0 Å². The van der Waals surface area contributed by atoms with E-state index < -0.39 is 0 Å². The third-order valence-corrected chi connectivity index (χ3v) is 6.00. The maximum atomic E-state index is 13.2. The first-order valence-corrected chi connectivity index (χ1v) is 11.1. The first-order valence-electron chi connectivity index (χ1n) is 11.1. The van der Waals surface area contributed by atoms with Crippen LogP contribution in [0.5, 0.6) is 0 Å². The van der Waals surface area contributed by atoms with Gasteiger partial charge in [-0.25, -0.2) is 4.98 Å². The molecule has 1 fully saturated rings. The summed E-state index contributed by atoms with van der Waals surface area (Å²) in [7, 11) is 0. The second-order valence-electron chi connectivity index (χ2n) is 8.05. The van der Waals surface area contributed by atoms with Gasteiger partial charge < -0.3 is 19.7 Å². The molecule has 2 heterocycles. The number of anilines is 2. The van der Waals surface area contributed by atoms with Gasteiger partial charge in [-0.2, -0.15) is 0 Å². The molecule has 0 saturated carbocycles. The Hall–Kier alpha value is -3.80. The number of nitrogens with one attached hydrogen (secondary N) is 1. The summed E-state index contributed by atoms with van der Waals surface area (Å²) in [6.07, 6.45) is 0. The van der Waals surface area contributed by atoms with Gasteiger partial charge in [0.1, 0.15) is 6.54 Å². The Morgan fingerprint density at radius 2 is 1.47 bits per heavy atom. The first kappa shape index (κ1) is 20.1. The topological polar surface area (TPSA) is 53.4 Å². The molecule has 6 nitrogen and oxygen atoms in total. The zero-order chi connectivity index (χ0) is 21.8. The molecule has 32 heavy (non-hydrogen) atoms. The minimum atomic E-state index is 0.128. The van der Waals surface area contributed by atoms with Crippen LogP contribution in [0, 0.1) is 0 Å². The largest absolute Gasteiger partial charge is 0.368 e. The van der Waals surface area contributed by atoms with Crippen molar-refractivity contribution in [2.45, 2.75) is 13.1 Å². The normalized spacial score (nSPS) is 14.0. The summed E-state index contributed by atoms with van der Waals surface area (Å²) in [6, 6.07) is 28.6. The van der Waals surface area contributed by atoms with Crippen molar-refractivity contribution < 1.29 is 4.79 Å². The fourth-order valence-corrected chi connectivity index (χ4v) is 4.24. The summed E-state index contributed by atoms with van der Waals surface area (Å²) in [6.45, 7) is 4.09. The molecule has 1 amide bonds. The van der Waals surface area contributed by atoms with Gasteiger partial charge in [-0.15, -0.1) is 0 Å². The number of hydrogen-bond donors (Lipinski definition) is 1. The monoisotopic (exact) mass is 425 g/mol. The van der Waals surface area contributed by atoms with E-state index in [1.54, 1.807) is 0 Å². The molecule has 1 aliphatic rings. The number of nitrogens with zero attached hydrogens (tertiary/aromatic N) is 4. The van der Waals surface area contributed by atoms with E-state index in [9.17, 15) is 4.79 Å². The van der Waals surface area contributed by atoms with Crippen molar-refractivity contribution >= 4 is 28.6 Å². The third-order valence-electron chi connectivity index (χ3n) is 6.00. The molecular formula is C26H27N5O. The van der Waals surface area contributed by atoms with Crippen LogP contribution in [0.3, 0.4) is 0 Å². The minimum Gasteiger partial charge on any atom is -0.368 e. The number of carbonyl (C=O) groups is 1. The molecule has 3 aromatic carbocycles. The van der Waals surface area contributed by atoms with E-state index in [0.717, 1.165) is 43.2 Å². The molecule has 1 aliphatic heterocycles. The number of piperazine rings is 1. The van der Waals surface area contributed by atoms with Crippen LogP contribution >= 0.6 is 0 Å². The number of carbonyl (C=O) groups excluding carboxylic acids is 1. The van der Waals surface area contributed by atoms with E-state index in [4.69, 9.17) is 4.98 Å². The molecule has 1 saturated heterocycles. The third kappa shape index (κ3) is 4.30. The lowest BCUT2D eigenvalue weighted by Crippen LogP contribution is -2.49. The summed E-state index contributed by atoms with van der Waals surface area (Å²) < 4.78 is 2.00. The molecule has 6 heteroatoms. The molecule has 0 radical (unpaired) electrons. The number of aromatic nitrogens is 2. The Bertz CT molecular complexity index is 1180. The number of fused-ring (bicyclic) bond motifs is 1. The molecule has 4 aromatic rings. The van der Waals surface area contributed by atoms with Crippen molar-refractivity contribution in [3.63, 3.8) is 0 Å². The number of benzene rings is 3. The van der Waals surface area contributed by atoms with Crippen LogP contribution in [0.25, 0.3) is 11.0 Å². The molecule has 0 atom stereocenters. The van der Waals surface area contributed by atoms with Gasteiger partial charge in [-0.1, -0.05) is 60.7 Å². The van der Waals surface area contributed by atoms with E-state index in [2.05, 4.69) is 46.6 Å². The van der Waals surface area contributed by atoms with Gasteiger partial charge in [0.25, 0.3) is 0 Å². The van der Waals surface area contributed by atoms with Crippen molar-refractivity contribution in [3.8, 4) is 0 Å². The van der Waals surface area contributed by atoms with Gasteiger partial charge in [0.05, 0.1) is 11.0 Å². The van der Waals surface area contributed by atoms with Crippen LogP contribution in [-0.2, 0) is 17.9 Å². The Morgan fingerprint density at radius 1 is 0.812 bits per heavy atom. The fourth-order valence-electron chi connectivity index (χ4n) is 4.24. The molecule has 162 valence electrons. The molecule has 0 bridgehead atoms. The average molecular weight is 426 g/mol. The van der Waals surface area contributed by atoms with Crippen LogP contribution in [0.1, 0.15) is 5.56 Å². The van der Waals surface area contributed by atoms with Crippen molar-refractivity contribution in [2.24, 2.45) is 0 Å². The standard InChI is InChI=1S/C26H27N5O/c32-25(30-17-15-29(16-18-30)22-11-5-2-6-12-22)20-31-24-14-8-7-13-23(24)28-26(31)27-19-21-9-3-1-4-10-21/h1-14H,15-20H2,(H,27,28). The zero-order valence-electron chi connectivity index (χ0n) is 18.0. The van der Waals surface area contributed by atoms with Crippen molar-refractivity contribution in [2.75, 3.05) is 36.4 Å². The van der Waals surface area contributed by atoms with Gasteiger partial charge >= 0.3 is 0 Å². The zero-order valence-corrected chi connectivity index (χ0v) is 18.0. The van der Waals surface area contributed by atoms with Crippen LogP contribution < -0.4 is 10.2 Å². The van der Waals surface area contributed by atoms with Gasteiger partial charge in [0.15, 0.2) is 0 Å². The van der Waals surface area contributed by atoms with Crippen LogP contribution in [0.15, 0.2) is 84.9 Å². The summed E-state index contributed by atoms with van der Waals surface area (Å²) in [5.74, 6) is 0.856. The quantitative estimate of drug-likeness (QED) is 0.507. The highest BCUT2D eigenvalue weighted by Gasteiger charge is 2.23. The lowest BCUT2D eigenvalue weighted by Gasteiger charge is -2.36. The molecular weight excluding hydrogens is 398 g/mol. The number of para-hydroxylation sites is 3. The van der Waals surface area contributed by atoms with Crippen LogP contribution in [-0.4, -0.2) is 46.5 Å². The second-order valence-corrected chi connectivity index (χ2v) is 8.05. The lowest BCUT2D eigenvalue weighted by atomic mass is 10.2. The number of imidazole rings is 1. The Kier molecular flexibility index (Phi) is 5.75. The molecule has 0 aliphatic carbocycles. The van der Waals surface area contributed by atoms with Crippen molar-refractivity contribution in [1.82, 2.24) is 14.5 Å². The summed E-state index contributed by atoms with van der Waals surface area (Å²) in [4.78, 5) is 22.3. The highest BCUT2D eigenvalue weighted by Crippen LogP contribution is 2.21. The lowest BCUT2D eigenvalue weighted by molar-refractivity contribution is -0.132. The predicted molar refractivity (Wildman–Crippen MR) is 129 cm³/mol. The maximum Gasteiger partial charge on any atom is 0.242 e. The fraction of sp³-hybridized carbons (Fsp3) is 0.231. The van der Waals surface area contributed by atoms with E-state index in [1.807, 2.05) is 58.0 Å². The molecule has 0 unspecified atom stereocenters. The van der Waals surface area contributed by atoms with Gasteiger partial charge in [0.2, 0.25) is 11.9 Å². The number of rotatable bonds is 6. The molecule has 1 N–H and O–H groups in total. The summed E-state index contributed by atoms with van der Waals surface area (Å²) >= 11 is 0. The second kappa shape index (κ2) is 9.14. The highest BCUT2D eigenvalue weighted by molar-refractivity contribution is 5.83. The predicted octanol–water partition coefficient (Wildman–Crippen LogP) is 4.00. The molecule has 1 aromatic heterocycles. The van der Waals surface area contributed by atoms with E-state index in [0.29, 0.717) is 6.54 Å². The number of amides is 1. The van der Waals surface area contributed by atoms with Gasteiger partial charge in [0, 0.05) is 38.4 Å². The van der Waals surface area contributed by atoms with E-state index in [-0.39, 0.29) is 12.5 Å². The Balaban J connectivity index is 1.29.